The van der Waals surface area contributed by atoms with Gasteiger partial charge < -0.3 is 14.6 Å². The normalized spacial score (nSPS) is 20.7. The van der Waals surface area contributed by atoms with E-state index in [1.807, 2.05) is 12.4 Å². The lowest BCUT2D eigenvalue weighted by molar-refractivity contribution is 0.207. The monoisotopic (exact) mass is 255 g/mol. The number of nitrogens with zero attached hydrogens (tertiary/aromatic N) is 2. The van der Waals surface area contributed by atoms with E-state index in [0.29, 0.717) is 0 Å². The highest BCUT2D eigenvalue weighted by Gasteiger charge is 2.24. The van der Waals surface area contributed by atoms with Gasteiger partial charge in [-0.1, -0.05) is 18.2 Å². The first-order valence-electron chi connectivity index (χ1n) is 6.88. The van der Waals surface area contributed by atoms with Gasteiger partial charge in [0.2, 0.25) is 0 Å². The summed E-state index contributed by atoms with van der Waals surface area (Å²) >= 11 is 0. The van der Waals surface area contributed by atoms with Gasteiger partial charge in [-0.15, -0.1) is 0 Å². The van der Waals surface area contributed by atoms with Crippen LogP contribution in [0.1, 0.15) is 17.0 Å². The van der Waals surface area contributed by atoms with Crippen molar-refractivity contribution in [2.24, 2.45) is 0 Å². The molecule has 2 aliphatic heterocycles. The van der Waals surface area contributed by atoms with E-state index in [2.05, 4.69) is 33.1 Å². The van der Waals surface area contributed by atoms with Crippen LogP contribution >= 0.6 is 0 Å². The number of aromatic nitrogens is 2. The van der Waals surface area contributed by atoms with E-state index in [0.717, 1.165) is 38.2 Å². The minimum Gasteiger partial charge on any atom is -0.488 e. The van der Waals surface area contributed by atoms with Gasteiger partial charge >= 0.3 is 0 Å². The fourth-order valence-electron chi connectivity index (χ4n) is 3.03. The molecule has 19 heavy (non-hydrogen) atoms. The van der Waals surface area contributed by atoms with Crippen molar-refractivity contribution in [2.75, 3.05) is 6.54 Å². The largest absolute Gasteiger partial charge is 0.488 e. The van der Waals surface area contributed by atoms with Crippen LogP contribution in [0, 0.1) is 0 Å². The maximum absolute atomic E-state index is 6.01. The molecule has 3 heterocycles. The van der Waals surface area contributed by atoms with E-state index < -0.39 is 0 Å². The molecule has 0 saturated carbocycles. The molecule has 0 radical (unpaired) electrons. The zero-order chi connectivity index (χ0) is 12.7. The summed E-state index contributed by atoms with van der Waals surface area (Å²) in [6.07, 6.45) is 4.27. The van der Waals surface area contributed by atoms with Crippen LogP contribution in [0.2, 0.25) is 0 Å². The lowest BCUT2D eigenvalue weighted by atomic mass is 10.1. The molecule has 4 rings (SSSR count). The maximum atomic E-state index is 6.01. The molecule has 0 amide bonds. The number of para-hydroxylation sites is 1. The third-order valence-electron chi connectivity index (χ3n) is 3.98. The summed E-state index contributed by atoms with van der Waals surface area (Å²) in [6.45, 7) is 2.84. The Morgan fingerprint density at radius 2 is 2.32 bits per heavy atom. The zero-order valence-electron chi connectivity index (χ0n) is 10.8. The second-order valence-corrected chi connectivity index (χ2v) is 5.27. The molecule has 0 spiro atoms. The number of imidazole rings is 1. The average molecular weight is 255 g/mol. The highest BCUT2D eigenvalue weighted by Crippen LogP contribution is 2.29. The Morgan fingerprint density at radius 1 is 1.37 bits per heavy atom. The van der Waals surface area contributed by atoms with Crippen molar-refractivity contribution in [1.82, 2.24) is 14.9 Å². The van der Waals surface area contributed by atoms with E-state index >= 15 is 0 Å². The molecule has 2 aliphatic rings. The van der Waals surface area contributed by atoms with Gasteiger partial charge in [-0.05, 0) is 11.6 Å². The van der Waals surface area contributed by atoms with Gasteiger partial charge in [-0.2, -0.15) is 0 Å². The van der Waals surface area contributed by atoms with Crippen molar-refractivity contribution in [3.63, 3.8) is 0 Å². The molecule has 98 valence electrons. The molecular weight excluding hydrogens is 238 g/mol. The predicted octanol–water partition coefficient (Wildman–Crippen LogP) is 1.53. The number of rotatable bonds is 2. The summed E-state index contributed by atoms with van der Waals surface area (Å²) in [4.78, 5) is 4.49. The van der Waals surface area contributed by atoms with Gasteiger partial charge in [-0.3, -0.25) is 0 Å². The third-order valence-corrected chi connectivity index (χ3v) is 3.98. The minimum atomic E-state index is 0.241. The van der Waals surface area contributed by atoms with E-state index in [-0.39, 0.29) is 6.10 Å². The van der Waals surface area contributed by atoms with Crippen LogP contribution in [0.3, 0.4) is 0 Å². The van der Waals surface area contributed by atoms with E-state index in [1.54, 1.807) is 0 Å². The lowest BCUT2D eigenvalue weighted by Crippen LogP contribution is -2.27. The fourth-order valence-corrected chi connectivity index (χ4v) is 3.03. The molecule has 0 saturated heterocycles. The minimum absolute atomic E-state index is 0.241. The molecule has 1 aromatic heterocycles. The summed E-state index contributed by atoms with van der Waals surface area (Å²) in [5, 5.41) is 3.35. The summed E-state index contributed by atoms with van der Waals surface area (Å²) in [7, 11) is 0. The number of ether oxygens (including phenoxy) is 1. The van der Waals surface area contributed by atoms with Crippen LogP contribution in [0.25, 0.3) is 0 Å². The van der Waals surface area contributed by atoms with Crippen LogP contribution < -0.4 is 10.1 Å². The van der Waals surface area contributed by atoms with Crippen LogP contribution in [-0.4, -0.2) is 22.2 Å². The first-order valence-corrected chi connectivity index (χ1v) is 6.88. The number of benzene rings is 1. The molecule has 1 unspecified atom stereocenters. The Morgan fingerprint density at radius 3 is 3.26 bits per heavy atom. The topological polar surface area (TPSA) is 39.1 Å². The first-order chi connectivity index (χ1) is 9.40. The van der Waals surface area contributed by atoms with Crippen molar-refractivity contribution >= 4 is 0 Å². The second-order valence-electron chi connectivity index (χ2n) is 5.27. The Balaban J connectivity index is 1.53. The Hall–Kier alpha value is -1.81. The van der Waals surface area contributed by atoms with Crippen molar-refractivity contribution in [2.45, 2.75) is 32.0 Å². The van der Waals surface area contributed by atoms with E-state index in [1.165, 1.54) is 17.0 Å². The molecule has 1 N–H and O–H groups in total. The van der Waals surface area contributed by atoms with Gasteiger partial charge in [0, 0.05) is 31.6 Å². The molecule has 0 aliphatic carbocycles. The lowest BCUT2D eigenvalue weighted by Gasteiger charge is -2.17. The van der Waals surface area contributed by atoms with E-state index in [4.69, 9.17) is 4.74 Å². The highest BCUT2D eigenvalue weighted by molar-refractivity contribution is 5.37. The third kappa shape index (κ3) is 1.92. The summed E-state index contributed by atoms with van der Waals surface area (Å²) in [5.41, 5.74) is 3.89. The smallest absolute Gasteiger partial charge is 0.123 e. The fraction of sp³-hybridized carbons (Fsp3) is 0.400. The molecule has 4 heteroatoms. The van der Waals surface area contributed by atoms with E-state index in [9.17, 15) is 0 Å². The Bertz CT molecular complexity index is 580. The zero-order valence-corrected chi connectivity index (χ0v) is 10.8. The molecule has 2 aromatic rings. The van der Waals surface area contributed by atoms with Crippen LogP contribution in [0.5, 0.6) is 5.75 Å². The molecule has 0 bridgehead atoms. The van der Waals surface area contributed by atoms with Crippen molar-refractivity contribution in [3.05, 3.63) is 47.5 Å². The maximum Gasteiger partial charge on any atom is 0.123 e. The van der Waals surface area contributed by atoms with Gasteiger partial charge in [0.25, 0.3) is 0 Å². The SMILES string of the molecule is c1ccc2c(c1)CC(Cn1cnc3c1CCNC3)O2. The van der Waals surface area contributed by atoms with Crippen LogP contribution in [0.15, 0.2) is 30.6 Å². The molecular formula is C15H17N3O. The predicted molar refractivity (Wildman–Crippen MR) is 72.2 cm³/mol. The molecule has 1 aromatic carbocycles. The second kappa shape index (κ2) is 4.38. The summed E-state index contributed by atoms with van der Waals surface area (Å²) in [5.74, 6) is 1.04. The first kappa shape index (κ1) is 11.1. The molecule has 4 nitrogen and oxygen atoms in total. The van der Waals surface area contributed by atoms with Crippen molar-refractivity contribution < 1.29 is 4.74 Å². The van der Waals surface area contributed by atoms with Gasteiger partial charge in [0.1, 0.15) is 11.9 Å². The number of hydrogen-bond donors (Lipinski definition) is 1. The number of nitrogens with one attached hydrogen (secondary N) is 1. The number of hydrogen-bond acceptors (Lipinski definition) is 3. The summed E-state index contributed by atoms with van der Waals surface area (Å²) < 4.78 is 8.28. The van der Waals surface area contributed by atoms with Crippen LogP contribution in [0.4, 0.5) is 0 Å². The Kier molecular flexibility index (Phi) is 2.55. The summed E-state index contributed by atoms with van der Waals surface area (Å²) in [6, 6.07) is 8.33. The molecule has 1 atom stereocenters. The number of fused-ring (bicyclic) bond motifs is 2. The van der Waals surface area contributed by atoms with Crippen molar-refractivity contribution in [1.29, 1.82) is 0 Å². The van der Waals surface area contributed by atoms with Gasteiger partial charge in [0.05, 0.1) is 18.6 Å². The quantitative estimate of drug-likeness (QED) is 0.884. The van der Waals surface area contributed by atoms with Crippen LogP contribution in [-0.2, 0) is 25.9 Å². The van der Waals surface area contributed by atoms with Crippen molar-refractivity contribution in [3.8, 4) is 5.75 Å². The van der Waals surface area contributed by atoms with Gasteiger partial charge in [-0.25, -0.2) is 4.98 Å². The van der Waals surface area contributed by atoms with Gasteiger partial charge in [0.15, 0.2) is 0 Å². The average Bonchev–Trinajstić information content (AvgIpc) is 3.03. The Labute approximate surface area is 112 Å². The highest BCUT2D eigenvalue weighted by atomic mass is 16.5. The standard InChI is InChI=1S/C15H17N3O/c1-2-4-15-11(3-1)7-12(19-15)9-18-10-17-13-8-16-6-5-14(13)18/h1-4,10,12,16H,5-9H2. The molecule has 0 fully saturated rings.